The highest BCUT2D eigenvalue weighted by molar-refractivity contribution is 6.15. The molecule has 5 atom stereocenters. The monoisotopic (exact) mass is 673 g/mol. The van der Waals surface area contributed by atoms with Crippen molar-refractivity contribution in [3.05, 3.63) is 181 Å². The van der Waals surface area contributed by atoms with E-state index in [1.54, 1.807) is 0 Å². The van der Waals surface area contributed by atoms with Crippen molar-refractivity contribution in [3.63, 3.8) is 0 Å². The topological polar surface area (TPSA) is 46.8 Å². The summed E-state index contributed by atoms with van der Waals surface area (Å²) in [5.41, 5.74) is 9.43. The van der Waals surface area contributed by atoms with Gasteiger partial charge >= 0.3 is 0 Å². The second-order valence-corrected chi connectivity index (χ2v) is 14.5. The molecule has 52 heavy (non-hydrogen) atoms. The lowest BCUT2D eigenvalue weighted by atomic mass is 9.82. The van der Waals surface area contributed by atoms with Gasteiger partial charge in [0.1, 0.15) is 0 Å². The molecular weight excluding hydrogens is 635 g/mol. The molecule has 3 heterocycles. The smallest absolute Gasteiger partial charge is 0.234 e. The van der Waals surface area contributed by atoms with Crippen molar-refractivity contribution in [1.82, 2.24) is 19.5 Å². The summed E-state index contributed by atoms with van der Waals surface area (Å²) in [6.07, 6.45) is 23.4. The van der Waals surface area contributed by atoms with Crippen LogP contribution in [0.2, 0.25) is 0 Å². The first-order chi connectivity index (χ1) is 25.6. The first-order valence-corrected chi connectivity index (χ1v) is 18.5. The minimum Gasteiger partial charge on any atom is -0.307 e. The van der Waals surface area contributed by atoms with Gasteiger partial charge < -0.3 is 9.47 Å². The molecule has 0 saturated heterocycles. The summed E-state index contributed by atoms with van der Waals surface area (Å²) in [5, 5.41) is 2.45. The van der Waals surface area contributed by atoms with Crippen LogP contribution in [0.1, 0.15) is 54.9 Å². The summed E-state index contributed by atoms with van der Waals surface area (Å²) in [6, 6.07) is 34.9. The lowest BCUT2D eigenvalue weighted by molar-refractivity contribution is 0.637. The zero-order chi connectivity index (χ0) is 34.8. The Morgan fingerprint density at radius 1 is 0.673 bits per heavy atom. The molecule has 1 aliphatic heterocycles. The molecule has 4 aliphatic rings. The Balaban J connectivity index is 1.21. The maximum atomic E-state index is 5.42. The second-order valence-electron chi connectivity index (χ2n) is 14.5. The van der Waals surface area contributed by atoms with Gasteiger partial charge in [-0.25, -0.2) is 4.98 Å². The van der Waals surface area contributed by atoms with Gasteiger partial charge in [-0.2, -0.15) is 9.97 Å². The fourth-order valence-corrected chi connectivity index (χ4v) is 8.77. The van der Waals surface area contributed by atoms with E-state index in [9.17, 15) is 0 Å². The maximum Gasteiger partial charge on any atom is 0.234 e. The van der Waals surface area contributed by atoms with E-state index in [0.717, 1.165) is 34.8 Å². The molecule has 0 fully saturated rings. The number of aromatic nitrogens is 4. The summed E-state index contributed by atoms with van der Waals surface area (Å²) in [5.74, 6) is 3.19. The van der Waals surface area contributed by atoms with Gasteiger partial charge in [0.2, 0.25) is 5.95 Å². The summed E-state index contributed by atoms with van der Waals surface area (Å²) in [6.45, 7) is 4.56. The van der Waals surface area contributed by atoms with Crippen LogP contribution in [-0.2, 0) is 0 Å². The van der Waals surface area contributed by atoms with Crippen molar-refractivity contribution in [1.29, 1.82) is 0 Å². The van der Waals surface area contributed by atoms with Gasteiger partial charge in [-0.1, -0.05) is 153 Å². The zero-order valence-corrected chi connectivity index (χ0v) is 29.3. The van der Waals surface area contributed by atoms with E-state index < -0.39 is 0 Å². The Labute approximate surface area is 304 Å². The summed E-state index contributed by atoms with van der Waals surface area (Å²) in [7, 11) is 0. The molecule has 0 saturated carbocycles. The van der Waals surface area contributed by atoms with Gasteiger partial charge in [0.15, 0.2) is 11.6 Å². The average molecular weight is 674 g/mol. The Morgan fingerprint density at radius 3 is 2.27 bits per heavy atom. The van der Waals surface area contributed by atoms with Crippen LogP contribution in [0.3, 0.4) is 0 Å². The number of anilines is 2. The van der Waals surface area contributed by atoms with E-state index in [1.807, 2.05) is 0 Å². The summed E-state index contributed by atoms with van der Waals surface area (Å²) in [4.78, 5) is 18.5. The van der Waals surface area contributed by atoms with Gasteiger partial charge in [-0.05, 0) is 47.6 Å². The molecule has 5 unspecified atom stereocenters. The number of para-hydroxylation sites is 2. The van der Waals surface area contributed by atoms with E-state index in [0.29, 0.717) is 23.6 Å². The second kappa shape index (κ2) is 12.3. The number of benzene rings is 4. The molecule has 2 aromatic heterocycles. The van der Waals surface area contributed by atoms with Crippen molar-refractivity contribution >= 4 is 44.6 Å². The van der Waals surface area contributed by atoms with Crippen molar-refractivity contribution in [2.45, 2.75) is 38.1 Å². The predicted molar refractivity (Wildman–Crippen MR) is 214 cm³/mol. The molecule has 252 valence electrons. The van der Waals surface area contributed by atoms with Crippen LogP contribution in [0, 0.1) is 11.8 Å². The van der Waals surface area contributed by atoms with Crippen LogP contribution in [-0.4, -0.2) is 25.6 Å². The van der Waals surface area contributed by atoms with Gasteiger partial charge in [0, 0.05) is 39.4 Å². The van der Waals surface area contributed by atoms with Crippen molar-refractivity contribution in [2.24, 2.45) is 11.8 Å². The van der Waals surface area contributed by atoms with E-state index in [-0.39, 0.29) is 17.9 Å². The van der Waals surface area contributed by atoms with Crippen LogP contribution < -0.4 is 4.90 Å². The maximum absolute atomic E-state index is 5.42. The molecular formula is C47H39N5. The molecule has 0 amide bonds. The minimum atomic E-state index is 0.0193. The first kappa shape index (κ1) is 30.7. The lowest BCUT2D eigenvalue weighted by Gasteiger charge is -2.29. The molecule has 0 spiro atoms. The Kier molecular flexibility index (Phi) is 7.27. The number of hydrogen-bond acceptors (Lipinski definition) is 4. The van der Waals surface area contributed by atoms with Crippen molar-refractivity contribution < 1.29 is 0 Å². The number of rotatable bonds is 5. The zero-order valence-electron chi connectivity index (χ0n) is 29.3. The largest absolute Gasteiger partial charge is 0.307 e. The third-order valence-corrected chi connectivity index (χ3v) is 11.3. The van der Waals surface area contributed by atoms with Crippen LogP contribution in [0.25, 0.3) is 38.6 Å². The molecule has 3 aliphatic carbocycles. The van der Waals surface area contributed by atoms with Gasteiger partial charge in [0.05, 0.1) is 22.8 Å². The molecule has 0 bridgehead atoms. The first-order valence-electron chi connectivity index (χ1n) is 18.5. The van der Waals surface area contributed by atoms with Crippen LogP contribution in [0.5, 0.6) is 0 Å². The third kappa shape index (κ3) is 4.87. The van der Waals surface area contributed by atoms with E-state index in [1.165, 1.54) is 32.9 Å². The number of fused-ring (bicyclic) bond motifs is 7. The highest BCUT2D eigenvalue weighted by Gasteiger charge is 2.42. The molecule has 0 radical (unpaired) electrons. The summed E-state index contributed by atoms with van der Waals surface area (Å²) >= 11 is 0. The Hall–Kier alpha value is -6.07. The van der Waals surface area contributed by atoms with Crippen LogP contribution in [0.4, 0.5) is 11.6 Å². The van der Waals surface area contributed by atoms with Crippen molar-refractivity contribution in [2.75, 3.05) is 4.90 Å². The van der Waals surface area contributed by atoms with Crippen LogP contribution in [0.15, 0.2) is 158 Å². The Morgan fingerprint density at radius 2 is 1.44 bits per heavy atom. The number of allylic oxidation sites excluding steroid dienone is 10. The van der Waals surface area contributed by atoms with Gasteiger partial charge in [-0.15, -0.1) is 0 Å². The third-order valence-electron chi connectivity index (χ3n) is 11.3. The Bertz CT molecular complexity index is 2550. The van der Waals surface area contributed by atoms with Crippen LogP contribution >= 0.6 is 0 Å². The molecule has 10 rings (SSSR count). The molecule has 5 nitrogen and oxygen atoms in total. The highest BCUT2D eigenvalue weighted by Crippen LogP contribution is 2.52. The summed E-state index contributed by atoms with van der Waals surface area (Å²) < 4.78 is 2.43. The fraction of sp³-hybridized carbons (Fsp3) is 0.170. The molecule has 4 aromatic carbocycles. The molecule has 0 N–H and O–H groups in total. The van der Waals surface area contributed by atoms with Gasteiger partial charge in [-0.3, -0.25) is 0 Å². The molecule has 5 heteroatoms. The van der Waals surface area contributed by atoms with Crippen molar-refractivity contribution in [3.8, 4) is 5.69 Å². The lowest BCUT2D eigenvalue weighted by Crippen LogP contribution is -2.31. The SMILES string of the molecule is CC1CC=CC=C1c1nc(C2=CC(C)C(c3ccccc3)C=C2)nc(N2c3c(ccc4c5ccccc5n(-c5ccccc5)c34)C3C=CC=CC32)n1. The van der Waals surface area contributed by atoms with E-state index in [4.69, 9.17) is 15.0 Å². The highest BCUT2D eigenvalue weighted by atomic mass is 15.3. The quantitative estimate of drug-likeness (QED) is 0.183. The van der Waals surface area contributed by atoms with E-state index in [2.05, 4.69) is 181 Å². The molecule has 6 aromatic rings. The van der Waals surface area contributed by atoms with E-state index >= 15 is 0 Å². The standard InChI is InChI=1S/C47H39N5/c1-30-15-9-10-20-36(30)46-48-45(33-25-26-35(31(2)29-33)32-16-5-3-6-17-32)49-47(50-46)52-42-24-14-12-22-38(42)40-28-27-39-37-21-11-13-23-41(37)51(43(39)44(40)52)34-18-7-4-8-19-34/h3-14,16-31,35,38,42H,15H2,1-2H3. The van der Waals surface area contributed by atoms with Gasteiger partial charge in [0.25, 0.3) is 0 Å². The minimum absolute atomic E-state index is 0.0193. The predicted octanol–water partition coefficient (Wildman–Crippen LogP) is 11.1. The average Bonchev–Trinajstić information content (AvgIpc) is 3.72. The fourth-order valence-electron chi connectivity index (χ4n) is 8.77. The number of hydrogen-bond donors (Lipinski definition) is 0. The normalized spacial score (nSPS) is 23.2. The number of nitrogens with zero attached hydrogens (tertiary/aromatic N) is 5.